The molecule has 0 aliphatic rings. The first-order valence-electron chi connectivity index (χ1n) is 8.27. The van der Waals surface area contributed by atoms with E-state index in [4.69, 9.17) is 0 Å². The van der Waals surface area contributed by atoms with Crippen LogP contribution in [0.2, 0.25) is 0 Å². The average Bonchev–Trinajstić information content (AvgIpc) is 3.36. The van der Waals surface area contributed by atoms with Gasteiger partial charge in [0.25, 0.3) is 0 Å². The zero-order valence-corrected chi connectivity index (χ0v) is 16.3. The summed E-state index contributed by atoms with van der Waals surface area (Å²) in [5.74, 6) is -0.979. The largest absolute Gasteiger partial charge is 0.301 e. The van der Waals surface area contributed by atoms with Gasteiger partial charge >= 0.3 is 0 Å². The van der Waals surface area contributed by atoms with Crippen molar-refractivity contribution < 1.29 is 13.6 Å². The normalized spacial score (nSPS) is 10.8. The molecule has 4 aromatic rings. The number of hydrogen-bond acceptors (Lipinski definition) is 7. The average molecular weight is 430 g/mol. The lowest BCUT2D eigenvalue weighted by molar-refractivity contribution is -0.113. The predicted octanol–water partition coefficient (Wildman–Crippen LogP) is 3.79. The molecule has 29 heavy (non-hydrogen) atoms. The lowest BCUT2D eigenvalue weighted by Crippen LogP contribution is -2.14. The van der Waals surface area contributed by atoms with Gasteiger partial charge < -0.3 is 5.32 Å². The highest BCUT2D eigenvalue weighted by atomic mass is 32.2. The number of hydrogen-bond donors (Lipinski definition) is 1. The molecular formula is C18H12F2N6OS2. The number of amides is 1. The van der Waals surface area contributed by atoms with Crippen molar-refractivity contribution in [2.45, 2.75) is 5.16 Å². The summed E-state index contributed by atoms with van der Waals surface area (Å²) in [5.41, 5.74) is 1.86. The summed E-state index contributed by atoms with van der Waals surface area (Å²) >= 11 is 2.38. The van der Waals surface area contributed by atoms with Gasteiger partial charge in [-0.05, 0) is 52.9 Å². The maximum absolute atomic E-state index is 13.4. The van der Waals surface area contributed by atoms with Crippen LogP contribution < -0.4 is 5.32 Å². The van der Waals surface area contributed by atoms with Gasteiger partial charge in [0.15, 0.2) is 5.13 Å². The van der Waals surface area contributed by atoms with Crippen molar-refractivity contribution in [1.29, 1.82) is 0 Å². The van der Waals surface area contributed by atoms with Gasteiger partial charge in [0.2, 0.25) is 11.1 Å². The number of anilines is 1. The first-order chi connectivity index (χ1) is 14.1. The van der Waals surface area contributed by atoms with E-state index >= 15 is 0 Å². The van der Waals surface area contributed by atoms with Crippen molar-refractivity contribution in [3.8, 4) is 16.9 Å². The van der Waals surface area contributed by atoms with E-state index in [0.717, 1.165) is 17.3 Å². The van der Waals surface area contributed by atoms with E-state index in [1.54, 1.807) is 29.6 Å². The Morgan fingerprint density at radius 1 is 1.14 bits per heavy atom. The van der Waals surface area contributed by atoms with Crippen LogP contribution in [-0.4, -0.2) is 36.9 Å². The number of benzene rings is 2. The van der Waals surface area contributed by atoms with Gasteiger partial charge in [-0.15, -0.1) is 16.4 Å². The van der Waals surface area contributed by atoms with Crippen LogP contribution in [0, 0.1) is 11.6 Å². The summed E-state index contributed by atoms with van der Waals surface area (Å²) in [6.07, 6.45) is 0. The van der Waals surface area contributed by atoms with E-state index in [-0.39, 0.29) is 17.5 Å². The van der Waals surface area contributed by atoms with Gasteiger partial charge in [-0.3, -0.25) is 4.79 Å². The molecule has 0 saturated carbocycles. The van der Waals surface area contributed by atoms with Crippen LogP contribution in [0.4, 0.5) is 13.9 Å². The third kappa shape index (κ3) is 4.63. The summed E-state index contributed by atoms with van der Waals surface area (Å²) in [6.45, 7) is 0. The number of carbonyl (C=O) groups excluding carboxylic acids is 1. The van der Waals surface area contributed by atoms with Crippen LogP contribution in [0.3, 0.4) is 0 Å². The lowest BCUT2D eigenvalue weighted by atomic mass is 10.2. The van der Waals surface area contributed by atoms with Crippen LogP contribution in [0.25, 0.3) is 16.9 Å². The molecule has 1 N–H and O–H groups in total. The van der Waals surface area contributed by atoms with Crippen LogP contribution in [0.15, 0.2) is 59.1 Å². The Bertz CT molecular complexity index is 1150. The number of aromatic nitrogens is 5. The minimum atomic E-state index is -0.410. The molecule has 0 fully saturated rings. The van der Waals surface area contributed by atoms with Crippen molar-refractivity contribution in [2.24, 2.45) is 0 Å². The van der Waals surface area contributed by atoms with Crippen LogP contribution in [0.1, 0.15) is 0 Å². The highest BCUT2D eigenvalue weighted by molar-refractivity contribution is 7.99. The van der Waals surface area contributed by atoms with Crippen LogP contribution >= 0.6 is 23.1 Å². The summed E-state index contributed by atoms with van der Waals surface area (Å²) in [4.78, 5) is 16.6. The molecule has 0 spiro atoms. The zero-order chi connectivity index (χ0) is 20.2. The van der Waals surface area contributed by atoms with E-state index < -0.39 is 5.82 Å². The molecule has 2 heterocycles. The van der Waals surface area contributed by atoms with Crippen molar-refractivity contribution in [2.75, 3.05) is 11.1 Å². The number of halogens is 2. The minimum Gasteiger partial charge on any atom is -0.301 e. The molecule has 4 rings (SSSR count). The van der Waals surface area contributed by atoms with Gasteiger partial charge in [-0.25, -0.2) is 13.8 Å². The number of thiazole rings is 1. The Balaban J connectivity index is 1.38. The first-order valence-corrected chi connectivity index (χ1v) is 10.1. The third-order valence-electron chi connectivity index (χ3n) is 3.72. The Morgan fingerprint density at radius 2 is 1.97 bits per heavy atom. The van der Waals surface area contributed by atoms with Crippen LogP contribution in [0.5, 0.6) is 0 Å². The number of nitrogens with one attached hydrogen (secondary N) is 1. The van der Waals surface area contributed by atoms with Gasteiger partial charge in [0.1, 0.15) is 11.6 Å². The zero-order valence-electron chi connectivity index (χ0n) is 14.6. The van der Waals surface area contributed by atoms with Crippen molar-refractivity contribution in [3.63, 3.8) is 0 Å². The molecule has 0 radical (unpaired) electrons. The monoisotopic (exact) mass is 430 g/mol. The number of carbonyl (C=O) groups is 1. The van der Waals surface area contributed by atoms with Gasteiger partial charge in [0, 0.05) is 10.9 Å². The molecule has 7 nitrogen and oxygen atoms in total. The fourth-order valence-corrected chi connectivity index (χ4v) is 3.84. The SMILES string of the molecule is O=C(CSc1nnnn1-c1cccc(F)c1)Nc1nc(-c2ccc(F)cc2)cs1. The Labute approximate surface area is 171 Å². The maximum Gasteiger partial charge on any atom is 0.236 e. The highest BCUT2D eigenvalue weighted by Gasteiger charge is 2.13. The number of tetrazole rings is 1. The van der Waals surface area contributed by atoms with Crippen molar-refractivity contribution in [1.82, 2.24) is 25.2 Å². The quantitative estimate of drug-likeness (QED) is 0.469. The Kier molecular flexibility index (Phi) is 5.58. The number of rotatable bonds is 6. The molecule has 0 aliphatic heterocycles. The highest BCUT2D eigenvalue weighted by Crippen LogP contribution is 2.25. The predicted molar refractivity (Wildman–Crippen MR) is 106 cm³/mol. The molecule has 2 aromatic heterocycles. The Morgan fingerprint density at radius 3 is 2.76 bits per heavy atom. The lowest BCUT2D eigenvalue weighted by Gasteiger charge is -2.04. The maximum atomic E-state index is 13.4. The number of thioether (sulfide) groups is 1. The summed E-state index contributed by atoms with van der Waals surface area (Å²) in [6, 6.07) is 11.8. The van der Waals surface area contributed by atoms with Crippen LogP contribution in [-0.2, 0) is 4.79 Å². The molecule has 1 amide bonds. The summed E-state index contributed by atoms with van der Waals surface area (Å²) in [5, 5.41) is 16.6. The minimum absolute atomic E-state index is 0.0428. The fraction of sp³-hybridized carbons (Fsp3) is 0.0556. The smallest absolute Gasteiger partial charge is 0.236 e. The summed E-state index contributed by atoms with van der Waals surface area (Å²) < 4.78 is 27.8. The molecule has 146 valence electrons. The van der Waals surface area contributed by atoms with E-state index in [1.807, 2.05) is 0 Å². The molecule has 0 bridgehead atoms. The van der Waals surface area contributed by atoms with E-state index in [9.17, 15) is 13.6 Å². The third-order valence-corrected chi connectivity index (χ3v) is 5.39. The molecule has 0 unspecified atom stereocenters. The van der Waals surface area contributed by atoms with Gasteiger partial charge in [-0.1, -0.05) is 17.8 Å². The van der Waals surface area contributed by atoms with E-state index in [2.05, 4.69) is 25.8 Å². The summed E-state index contributed by atoms with van der Waals surface area (Å²) in [7, 11) is 0. The van der Waals surface area contributed by atoms with E-state index in [1.165, 1.54) is 40.3 Å². The molecular weight excluding hydrogens is 418 g/mol. The molecule has 0 atom stereocenters. The fourth-order valence-electron chi connectivity index (χ4n) is 2.41. The van der Waals surface area contributed by atoms with Crippen molar-refractivity contribution in [3.05, 3.63) is 65.5 Å². The second-order valence-corrected chi connectivity index (χ2v) is 7.54. The van der Waals surface area contributed by atoms with E-state index in [0.29, 0.717) is 21.7 Å². The number of nitrogens with zero attached hydrogens (tertiary/aromatic N) is 5. The van der Waals surface area contributed by atoms with Crippen molar-refractivity contribution >= 4 is 34.1 Å². The Hall–Kier alpha value is -3.18. The van der Waals surface area contributed by atoms with Gasteiger partial charge in [0.05, 0.1) is 17.1 Å². The standard InChI is InChI=1S/C18H12F2N6OS2/c19-12-6-4-11(5-7-12)15-9-28-17(21-15)22-16(27)10-29-18-23-24-25-26(18)14-3-1-2-13(20)8-14/h1-9H,10H2,(H,21,22,27). The first kappa shape index (κ1) is 19.2. The second-order valence-electron chi connectivity index (χ2n) is 5.73. The van der Waals surface area contributed by atoms with Gasteiger partial charge in [-0.2, -0.15) is 4.68 Å². The molecule has 0 saturated heterocycles. The molecule has 0 aliphatic carbocycles. The molecule has 2 aromatic carbocycles. The topological polar surface area (TPSA) is 85.6 Å². The second kappa shape index (κ2) is 8.45. The molecule has 11 heteroatoms.